The van der Waals surface area contributed by atoms with Crippen molar-refractivity contribution in [1.82, 2.24) is 19.9 Å². The Kier molecular flexibility index (Phi) is 3.24. The van der Waals surface area contributed by atoms with Crippen LogP contribution in [-0.4, -0.2) is 34.4 Å². The Labute approximate surface area is 125 Å². The number of halogens is 1. The molecule has 0 aliphatic carbocycles. The number of fused-ring (bicyclic) bond motifs is 3. The van der Waals surface area contributed by atoms with Crippen molar-refractivity contribution in [2.75, 3.05) is 19.8 Å². The van der Waals surface area contributed by atoms with Gasteiger partial charge in [0.2, 0.25) is 0 Å². The fraction of sp³-hybridized carbons (Fsp3) is 0.571. The zero-order chi connectivity index (χ0) is 13.5. The minimum atomic E-state index is 0.484. The van der Waals surface area contributed by atoms with Crippen LogP contribution < -0.4 is 5.32 Å². The highest BCUT2D eigenvalue weighted by molar-refractivity contribution is 9.10. The number of rotatable bonds is 1. The second-order valence-electron chi connectivity index (χ2n) is 5.48. The third-order valence-electron chi connectivity index (χ3n) is 4.26. The molecule has 20 heavy (non-hydrogen) atoms. The van der Waals surface area contributed by atoms with Crippen molar-refractivity contribution >= 4 is 21.6 Å². The molecule has 2 aliphatic heterocycles. The van der Waals surface area contributed by atoms with Gasteiger partial charge in [-0.25, -0.2) is 9.50 Å². The van der Waals surface area contributed by atoms with E-state index in [-0.39, 0.29) is 0 Å². The number of ether oxygens (including phenoxy) is 1. The van der Waals surface area contributed by atoms with Crippen LogP contribution in [0.4, 0.5) is 0 Å². The summed E-state index contributed by atoms with van der Waals surface area (Å²) in [5, 5.41) is 8.25. The highest BCUT2D eigenvalue weighted by Crippen LogP contribution is 2.34. The smallest absolute Gasteiger partial charge is 0.169 e. The maximum atomic E-state index is 5.45. The first kappa shape index (κ1) is 12.7. The SMILES string of the molecule is Brc1c(C2CCOCC2)nn2c3c(cnc12)CNCC3. The maximum Gasteiger partial charge on any atom is 0.169 e. The van der Waals surface area contributed by atoms with Crippen LogP contribution in [-0.2, 0) is 17.7 Å². The standard InChI is InChI=1S/C14H17BrN4O/c15-12-13(9-2-5-20-6-3-9)18-19-11-1-4-16-7-10(11)8-17-14(12)19/h8-9,16H,1-7H2. The molecule has 4 rings (SSSR count). The molecule has 0 amide bonds. The second kappa shape index (κ2) is 5.09. The van der Waals surface area contributed by atoms with Crippen LogP contribution >= 0.6 is 15.9 Å². The monoisotopic (exact) mass is 336 g/mol. The Balaban J connectivity index is 1.84. The van der Waals surface area contributed by atoms with Gasteiger partial charge in [-0.3, -0.25) is 0 Å². The van der Waals surface area contributed by atoms with E-state index in [9.17, 15) is 0 Å². The highest BCUT2D eigenvalue weighted by atomic mass is 79.9. The van der Waals surface area contributed by atoms with Crippen LogP contribution in [0.5, 0.6) is 0 Å². The lowest BCUT2D eigenvalue weighted by Crippen LogP contribution is -2.26. The lowest BCUT2D eigenvalue weighted by Gasteiger charge is -2.20. The van der Waals surface area contributed by atoms with Crippen LogP contribution in [0, 0.1) is 0 Å². The fourth-order valence-electron chi connectivity index (χ4n) is 3.13. The molecule has 1 fully saturated rings. The molecular formula is C14H17BrN4O. The number of nitrogens with one attached hydrogen (secondary N) is 1. The summed E-state index contributed by atoms with van der Waals surface area (Å²) in [5.74, 6) is 0.484. The summed E-state index contributed by atoms with van der Waals surface area (Å²) < 4.78 is 8.56. The van der Waals surface area contributed by atoms with E-state index in [2.05, 4.69) is 26.2 Å². The van der Waals surface area contributed by atoms with Gasteiger partial charge in [0.05, 0.1) is 15.9 Å². The molecule has 2 aromatic heterocycles. The predicted octanol–water partition coefficient (Wildman–Crippen LogP) is 2.03. The van der Waals surface area contributed by atoms with Gasteiger partial charge >= 0.3 is 0 Å². The van der Waals surface area contributed by atoms with Gasteiger partial charge in [0.25, 0.3) is 0 Å². The van der Waals surface area contributed by atoms with E-state index >= 15 is 0 Å². The van der Waals surface area contributed by atoms with Gasteiger partial charge in [0.1, 0.15) is 0 Å². The molecule has 6 heteroatoms. The van der Waals surface area contributed by atoms with Crippen LogP contribution in [0.15, 0.2) is 10.7 Å². The van der Waals surface area contributed by atoms with Gasteiger partial charge < -0.3 is 10.1 Å². The largest absolute Gasteiger partial charge is 0.381 e. The molecule has 0 atom stereocenters. The summed E-state index contributed by atoms with van der Waals surface area (Å²) in [5.41, 5.74) is 4.66. The first-order chi connectivity index (χ1) is 9.84. The van der Waals surface area contributed by atoms with Crippen molar-refractivity contribution < 1.29 is 4.74 Å². The van der Waals surface area contributed by atoms with Crippen molar-refractivity contribution in [2.24, 2.45) is 0 Å². The van der Waals surface area contributed by atoms with Gasteiger partial charge in [-0.1, -0.05) is 0 Å². The van der Waals surface area contributed by atoms with Gasteiger partial charge in [-0.2, -0.15) is 5.10 Å². The predicted molar refractivity (Wildman–Crippen MR) is 78.9 cm³/mol. The topological polar surface area (TPSA) is 51.5 Å². The third-order valence-corrected chi connectivity index (χ3v) is 5.02. The Bertz CT molecular complexity index is 648. The van der Waals surface area contributed by atoms with Crippen LogP contribution in [0.1, 0.15) is 35.7 Å². The summed E-state index contributed by atoms with van der Waals surface area (Å²) in [6.45, 7) is 3.57. The average Bonchev–Trinajstić information content (AvgIpc) is 2.86. The Morgan fingerprint density at radius 3 is 3.05 bits per heavy atom. The third kappa shape index (κ3) is 1.98. The molecule has 1 saturated heterocycles. The van der Waals surface area contributed by atoms with Crippen molar-refractivity contribution in [2.45, 2.75) is 31.7 Å². The van der Waals surface area contributed by atoms with Gasteiger partial charge in [0.15, 0.2) is 5.65 Å². The molecule has 2 aliphatic rings. The Hall–Kier alpha value is -0.980. The van der Waals surface area contributed by atoms with Crippen LogP contribution in [0.2, 0.25) is 0 Å². The molecule has 0 unspecified atom stereocenters. The molecule has 2 aromatic rings. The molecule has 1 N–H and O–H groups in total. The average molecular weight is 337 g/mol. The number of aromatic nitrogens is 3. The quantitative estimate of drug-likeness (QED) is 0.865. The van der Waals surface area contributed by atoms with Crippen molar-refractivity contribution in [3.8, 4) is 0 Å². The number of nitrogens with zero attached hydrogens (tertiary/aromatic N) is 3. The van der Waals surface area contributed by atoms with Gasteiger partial charge in [0, 0.05) is 50.4 Å². The van der Waals surface area contributed by atoms with E-state index in [4.69, 9.17) is 9.84 Å². The zero-order valence-electron chi connectivity index (χ0n) is 11.2. The number of hydrogen-bond donors (Lipinski definition) is 1. The molecule has 0 saturated carbocycles. The molecule has 106 valence electrons. The Morgan fingerprint density at radius 1 is 1.35 bits per heavy atom. The fourth-order valence-corrected chi connectivity index (χ4v) is 3.80. The van der Waals surface area contributed by atoms with E-state index in [1.165, 1.54) is 11.3 Å². The lowest BCUT2D eigenvalue weighted by atomic mass is 9.97. The number of hydrogen-bond acceptors (Lipinski definition) is 4. The first-order valence-corrected chi connectivity index (χ1v) is 7.97. The molecule has 0 aromatic carbocycles. The summed E-state index contributed by atoms with van der Waals surface area (Å²) in [4.78, 5) is 4.59. The molecule has 0 radical (unpaired) electrons. The molecule has 5 nitrogen and oxygen atoms in total. The summed E-state index contributed by atoms with van der Waals surface area (Å²) in [7, 11) is 0. The van der Waals surface area contributed by atoms with Crippen LogP contribution in [0.3, 0.4) is 0 Å². The summed E-state index contributed by atoms with van der Waals surface area (Å²) >= 11 is 3.71. The molecule has 0 spiro atoms. The molecule has 4 heterocycles. The molecular weight excluding hydrogens is 320 g/mol. The lowest BCUT2D eigenvalue weighted by molar-refractivity contribution is 0.0843. The normalized spacial score (nSPS) is 20.2. The summed E-state index contributed by atoms with van der Waals surface area (Å²) in [6, 6.07) is 0. The first-order valence-electron chi connectivity index (χ1n) is 7.18. The van der Waals surface area contributed by atoms with Gasteiger partial charge in [-0.05, 0) is 28.8 Å². The van der Waals surface area contributed by atoms with Crippen molar-refractivity contribution in [3.63, 3.8) is 0 Å². The van der Waals surface area contributed by atoms with E-state index in [1.807, 2.05) is 10.7 Å². The zero-order valence-corrected chi connectivity index (χ0v) is 12.8. The summed E-state index contributed by atoms with van der Waals surface area (Å²) in [6.07, 6.45) is 5.09. The van der Waals surface area contributed by atoms with E-state index in [0.717, 1.165) is 61.4 Å². The van der Waals surface area contributed by atoms with E-state index in [1.54, 1.807) is 0 Å². The van der Waals surface area contributed by atoms with E-state index in [0.29, 0.717) is 5.92 Å². The Morgan fingerprint density at radius 2 is 2.20 bits per heavy atom. The van der Waals surface area contributed by atoms with Gasteiger partial charge in [-0.15, -0.1) is 0 Å². The maximum absolute atomic E-state index is 5.45. The highest BCUT2D eigenvalue weighted by Gasteiger charge is 2.25. The van der Waals surface area contributed by atoms with Crippen molar-refractivity contribution in [1.29, 1.82) is 0 Å². The minimum absolute atomic E-state index is 0.484. The minimum Gasteiger partial charge on any atom is -0.381 e. The van der Waals surface area contributed by atoms with Crippen molar-refractivity contribution in [3.05, 3.63) is 27.6 Å². The van der Waals surface area contributed by atoms with Crippen LogP contribution in [0.25, 0.3) is 5.65 Å². The van der Waals surface area contributed by atoms with E-state index < -0.39 is 0 Å². The molecule has 0 bridgehead atoms. The second-order valence-corrected chi connectivity index (χ2v) is 6.27.